The van der Waals surface area contributed by atoms with Crippen LogP contribution in [0.1, 0.15) is 59.8 Å². The molecule has 0 aromatic rings. The molecule has 0 saturated heterocycles. The predicted molar refractivity (Wildman–Crippen MR) is 81.0 cm³/mol. The van der Waals surface area contributed by atoms with Gasteiger partial charge in [0.2, 0.25) is 0 Å². The molecule has 1 atom stereocenters. The summed E-state index contributed by atoms with van der Waals surface area (Å²) in [5.74, 6) is 1.80. The van der Waals surface area contributed by atoms with Gasteiger partial charge in [-0.3, -0.25) is 0 Å². The van der Waals surface area contributed by atoms with Crippen molar-refractivity contribution in [1.82, 2.24) is 10.2 Å². The first-order chi connectivity index (χ1) is 8.63. The molecule has 0 radical (unpaired) electrons. The van der Waals surface area contributed by atoms with Crippen LogP contribution in [-0.2, 0) is 0 Å². The summed E-state index contributed by atoms with van der Waals surface area (Å²) in [6.07, 6.45) is 6.91. The number of hydrogen-bond acceptors (Lipinski definition) is 2. The van der Waals surface area contributed by atoms with Gasteiger partial charge in [-0.2, -0.15) is 0 Å². The summed E-state index contributed by atoms with van der Waals surface area (Å²) in [6, 6.07) is 0.770. The third-order valence-electron chi connectivity index (χ3n) is 3.85. The molecule has 18 heavy (non-hydrogen) atoms. The van der Waals surface area contributed by atoms with Crippen LogP contribution in [0.5, 0.6) is 0 Å². The molecule has 1 fully saturated rings. The SMILES string of the molecule is CCCN(CC1CC1)C(C)CCCNCC(C)C. The van der Waals surface area contributed by atoms with E-state index in [2.05, 4.69) is 37.9 Å². The topological polar surface area (TPSA) is 15.3 Å². The smallest absolute Gasteiger partial charge is 0.00675 e. The van der Waals surface area contributed by atoms with E-state index in [1.54, 1.807) is 0 Å². The van der Waals surface area contributed by atoms with E-state index < -0.39 is 0 Å². The van der Waals surface area contributed by atoms with Crippen molar-refractivity contribution in [3.63, 3.8) is 0 Å². The second-order valence-electron chi connectivity index (χ2n) is 6.53. The molecule has 0 aromatic heterocycles. The fraction of sp³-hybridized carbons (Fsp3) is 1.00. The highest BCUT2D eigenvalue weighted by Gasteiger charge is 2.25. The molecule has 1 aliphatic carbocycles. The van der Waals surface area contributed by atoms with Crippen LogP contribution >= 0.6 is 0 Å². The molecule has 0 heterocycles. The summed E-state index contributed by atoms with van der Waals surface area (Å²) < 4.78 is 0. The molecule has 0 aromatic carbocycles. The van der Waals surface area contributed by atoms with Crippen LogP contribution in [0.2, 0.25) is 0 Å². The molecule has 0 spiro atoms. The molecule has 108 valence electrons. The van der Waals surface area contributed by atoms with E-state index in [9.17, 15) is 0 Å². The minimum Gasteiger partial charge on any atom is -0.316 e. The number of nitrogens with one attached hydrogen (secondary N) is 1. The minimum atomic E-state index is 0.770. The van der Waals surface area contributed by atoms with E-state index in [-0.39, 0.29) is 0 Å². The summed E-state index contributed by atoms with van der Waals surface area (Å²) in [5.41, 5.74) is 0. The van der Waals surface area contributed by atoms with Crippen LogP contribution < -0.4 is 5.32 Å². The standard InChI is InChI=1S/C16H34N2/c1-5-11-18(13-16-8-9-16)15(4)7-6-10-17-12-14(2)3/h14-17H,5-13H2,1-4H3. The summed E-state index contributed by atoms with van der Waals surface area (Å²) in [4.78, 5) is 2.72. The molecular weight excluding hydrogens is 220 g/mol. The van der Waals surface area contributed by atoms with Gasteiger partial charge in [0.15, 0.2) is 0 Å². The number of nitrogens with zero attached hydrogens (tertiary/aromatic N) is 1. The summed E-state index contributed by atoms with van der Waals surface area (Å²) in [7, 11) is 0. The first-order valence-corrected chi connectivity index (χ1v) is 8.08. The van der Waals surface area contributed by atoms with Gasteiger partial charge in [0, 0.05) is 12.6 Å². The monoisotopic (exact) mass is 254 g/mol. The van der Waals surface area contributed by atoms with E-state index in [0.29, 0.717) is 0 Å². The van der Waals surface area contributed by atoms with Crippen molar-refractivity contribution < 1.29 is 0 Å². The highest BCUT2D eigenvalue weighted by atomic mass is 15.2. The van der Waals surface area contributed by atoms with Crippen LogP contribution in [0.15, 0.2) is 0 Å². The second-order valence-corrected chi connectivity index (χ2v) is 6.53. The maximum Gasteiger partial charge on any atom is 0.00675 e. The lowest BCUT2D eigenvalue weighted by atomic mass is 10.1. The Kier molecular flexibility index (Phi) is 7.92. The molecule has 1 rings (SSSR count). The molecule has 0 amide bonds. The van der Waals surface area contributed by atoms with Crippen molar-refractivity contribution in [3.05, 3.63) is 0 Å². The van der Waals surface area contributed by atoms with Crippen LogP contribution in [0, 0.1) is 11.8 Å². The molecule has 1 unspecified atom stereocenters. The van der Waals surface area contributed by atoms with Gasteiger partial charge in [-0.05, 0) is 70.5 Å². The zero-order chi connectivity index (χ0) is 13.4. The zero-order valence-corrected chi connectivity index (χ0v) is 13.0. The van der Waals surface area contributed by atoms with Crippen LogP contribution in [0.4, 0.5) is 0 Å². The Bertz CT molecular complexity index is 199. The molecular formula is C16H34N2. The van der Waals surface area contributed by atoms with Gasteiger partial charge < -0.3 is 10.2 Å². The van der Waals surface area contributed by atoms with Gasteiger partial charge in [0.1, 0.15) is 0 Å². The van der Waals surface area contributed by atoms with Crippen molar-refractivity contribution in [2.24, 2.45) is 11.8 Å². The van der Waals surface area contributed by atoms with Gasteiger partial charge in [0.25, 0.3) is 0 Å². The Labute approximate surface area is 115 Å². The Morgan fingerprint density at radius 1 is 1.22 bits per heavy atom. The highest BCUT2D eigenvalue weighted by molar-refractivity contribution is 4.79. The van der Waals surface area contributed by atoms with Crippen molar-refractivity contribution in [2.45, 2.75) is 65.8 Å². The predicted octanol–water partition coefficient (Wildman–Crippen LogP) is 3.52. The van der Waals surface area contributed by atoms with Crippen molar-refractivity contribution >= 4 is 0 Å². The molecule has 1 saturated carbocycles. The van der Waals surface area contributed by atoms with Crippen molar-refractivity contribution in [1.29, 1.82) is 0 Å². The Hall–Kier alpha value is -0.0800. The molecule has 1 N–H and O–H groups in total. The van der Waals surface area contributed by atoms with Crippen molar-refractivity contribution in [3.8, 4) is 0 Å². The Morgan fingerprint density at radius 3 is 2.50 bits per heavy atom. The highest BCUT2D eigenvalue weighted by Crippen LogP contribution is 2.30. The maximum absolute atomic E-state index is 3.55. The van der Waals surface area contributed by atoms with Gasteiger partial charge in [0.05, 0.1) is 0 Å². The number of rotatable bonds is 11. The third kappa shape index (κ3) is 7.38. The fourth-order valence-electron chi connectivity index (χ4n) is 2.51. The Balaban J connectivity index is 2.09. The van der Waals surface area contributed by atoms with Gasteiger partial charge >= 0.3 is 0 Å². The van der Waals surface area contributed by atoms with E-state index in [4.69, 9.17) is 0 Å². The summed E-state index contributed by atoms with van der Waals surface area (Å²) in [5, 5.41) is 3.55. The van der Waals surface area contributed by atoms with Crippen molar-refractivity contribution in [2.75, 3.05) is 26.2 Å². The van der Waals surface area contributed by atoms with Crippen LogP contribution in [-0.4, -0.2) is 37.1 Å². The maximum atomic E-state index is 3.55. The summed E-state index contributed by atoms with van der Waals surface area (Å²) in [6.45, 7) is 14.3. The van der Waals surface area contributed by atoms with Crippen LogP contribution in [0.3, 0.4) is 0 Å². The van der Waals surface area contributed by atoms with E-state index >= 15 is 0 Å². The Morgan fingerprint density at radius 2 is 1.94 bits per heavy atom. The average molecular weight is 254 g/mol. The first-order valence-electron chi connectivity index (χ1n) is 8.08. The minimum absolute atomic E-state index is 0.770. The average Bonchev–Trinajstić information content (AvgIpc) is 3.11. The molecule has 2 heteroatoms. The summed E-state index contributed by atoms with van der Waals surface area (Å²) >= 11 is 0. The molecule has 0 aliphatic heterocycles. The lowest BCUT2D eigenvalue weighted by Crippen LogP contribution is -2.36. The first kappa shape index (κ1) is 16.0. The molecule has 0 bridgehead atoms. The fourth-order valence-corrected chi connectivity index (χ4v) is 2.51. The van der Waals surface area contributed by atoms with Crippen LogP contribution in [0.25, 0.3) is 0 Å². The number of hydrogen-bond donors (Lipinski definition) is 1. The van der Waals surface area contributed by atoms with E-state index in [1.165, 1.54) is 51.7 Å². The third-order valence-corrected chi connectivity index (χ3v) is 3.85. The van der Waals surface area contributed by atoms with E-state index in [0.717, 1.165) is 24.4 Å². The largest absolute Gasteiger partial charge is 0.316 e. The molecule has 1 aliphatic rings. The lowest BCUT2D eigenvalue weighted by molar-refractivity contribution is 0.189. The normalized spacial score (nSPS) is 17.7. The van der Waals surface area contributed by atoms with E-state index in [1.807, 2.05) is 0 Å². The van der Waals surface area contributed by atoms with Gasteiger partial charge in [-0.1, -0.05) is 20.8 Å². The quantitative estimate of drug-likeness (QED) is 0.568. The lowest BCUT2D eigenvalue weighted by Gasteiger charge is -2.29. The van der Waals surface area contributed by atoms with Gasteiger partial charge in [-0.15, -0.1) is 0 Å². The van der Waals surface area contributed by atoms with Gasteiger partial charge in [-0.25, -0.2) is 0 Å². The second kappa shape index (κ2) is 8.92. The molecule has 2 nitrogen and oxygen atoms in total. The zero-order valence-electron chi connectivity index (χ0n) is 13.0.